The predicted molar refractivity (Wildman–Crippen MR) is 84.5 cm³/mol. The highest BCUT2D eigenvalue weighted by Gasteiger charge is 2.08. The van der Waals surface area contributed by atoms with Crippen LogP contribution in [-0.2, 0) is 0 Å². The van der Waals surface area contributed by atoms with Gasteiger partial charge in [-0.2, -0.15) is 5.10 Å². The third-order valence-corrected chi connectivity index (χ3v) is 3.48. The summed E-state index contributed by atoms with van der Waals surface area (Å²) in [4.78, 5) is 11.7. The first-order chi connectivity index (χ1) is 10.2. The molecule has 106 valence electrons. The molecule has 2 aromatic carbocycles. The second kappa shape index (κ2) is 5.28. The van der Waals surface area contributed by atoms with Crippen molar-refractivity contribution in [1.29, 1.82) is 0 Å². The van der Waals surface area contributed by atoms with Gasteiger partial charge < -0.3 is 10.6 Å². The number of aromatic amines is 1. The van der Waals surface area contributed by atoms with E-state index in [1.165, 1.54) is 0 Å². The average molecular weight is 280 g/mol. The first kappa shape index (κ1) is 13.2. The van der Waals surface area contributed by atoms with Crippen molar-refractivity contribution in [3.8, 4) is 11.1 Å². The number of carbonyl (C=O) groups excluding carboxylic acids is 1. The summed E-state index contributed by atoms with van der Waals surface area (Å²) in [6, 6.07) is 13.6. The van der Waals surface area contributed by atoms with Crippen molar-refractivity contribution in [2.24, 2.45) is 0 Å². The number of nitrogens with zero attached hydrogens (tertiary/aromatic N) is 1. The quantitative estimate of drug-likeness (QED) is 0.690. The van der Waals surface area contributed by atoms with Crippen LogP contribution in [0.2, 0.25) is 0 Å². The number of hydrogen-bond acceptors (Lipinski definition) is 3. The first-order valence-electron chi connectivity index (χ1n) is 6.71. The van der Waals surface area contributed by atoms with E-state index in [-0.39, 0.29) is 5.91 Å². The number of benzene rings is 2. The minimum atomic E-state index is -0.0862. The van der Waals surface area contributed by atoms with E-state index in [4.69, 9.17) is 0 Å². The molecule has 0 atom stereocenters. The number of nitrogens with one attached hydrogen (secondary N) is 3. The molecule has 0 spiro atoms. The fourth-order valence-electron chi connectivity index (χ4n) is 2.37. The summed E-state index contributed by atoms with van der Waals surface area (Å²) >= 11 is 0. The molecule has 0 radical (unpaired) electrons. The molecule has 1 aromatic heterocycles. The maximum atomic E-state index is 11.7. The minimum Gasteiger partial charge on any atom is -0.371 e. The van der Waals surface area contributed by atoms with Gasteiger partial charge in [0.15, 0.2) is 5.82 Å². The molecule has 1 heterocycles. The Morgan fingerprint density at radius 1 is 1.10 bits per heavy atom. The molecule has 3 rings (SSSR count). The third kappa shape index (κ3) is 2.33. The van der Waals surface area contributed by atoms with Gasteiger partial charge in [-0.3, -0.25) is 9.89 Å². The zero-order chi connectivity index (χ0) is 14.8. The molecule has 0 aliphatic rings. The lowest BCUT2D eigenvalue weighted by Crippen LogP contribution is -2.17. The van der Waals surface area contributed by atoms with Crippen molar-refractivity contribution in [2.75, 3.05) is 19.4 Å². The Morgan fingerprint density at radius 2 is 1.90 bits per heavy atom. The summed E-state index contributed by atoms with van der Waals surface area (Å²) in [5, 5.41) is 13.9. The molecule has 0 bridgehead atoms. The number of aromatic nitrogens is 2. The highest BCUT2D eigenvalue weighted by atomic mass is 16.1. The number of H-pyrrole nitrogens is 1. The Kier molecular flexibility index (Phi) is 3.31. The maximum absolute atomic E-state index is 11.7. The van der Waals surface area contributed by atoms with E-state index >= 15 is 0 Å². The van der Waals surface area contributed by atoms with Crippen molar-refractivity contribution < 1.29 is 4.79 Å². The van der Waals surface area contributed by atoms with Crippen molar-refractivity contribution in [2.45, 2.75) is 0 Å². The van der Waals surface area contributed by atoms with Crippen LogP contribution in [0.3, 0.4) is 0 Å². The van der Waals surface area contributed by atoms with Crippen LogP contribution in [0.25, 0.3) is 22.0 Å². The van der Waals surface area contributed by atoms with E-state index in [9.17, 15) is 4.79 Å². The van der Waals surface area contributed by atoms with E-state index in [1.807, 2.05) is 43.4 Å². The van der Waals surface area contributed by atoms with Gasteiger partial charge >= 0.3 is 0 Å². The highest BCUT2D eigenvalue weighted by Crippen LogP contribution is 2.27. The molecule has 0 saturated heterocycles. The van der Waals surface area contributed by atoms with E-state index < -0.39 is 0 Å². The number of carbonyl (C=O) groups is 1. The van der Waals surface area contributed by atoms with Crippen LogP contribution in [0.15, 0.2) is 42.5 Å². The Morgan fingerprint density at radius 3 is 2.67 bits per heavy atom. The Balaban J connectivity index is 2.06. The van der Waals surface area contributed by atoms with Crippen molar-refractivity contribution in [1.82, 2.24) is 15.5 Å². The molecule has 0 unspecified atom stereocenters. The summed E-state index contributed by atoms with van der Waals surface area (Å²) in [7, 11) is 3.47. The molecule has 0 saturated carbocycles. The molecule has 0 fully saturated rings. The van der Waals surface area contributed by atoms with Gasteiger partial charge in [-0.1, -0.05) is 18.2 Å². The molecule has 5 heteroatoms. The molecule has 3 N–H and O–H groups in total. The van der Waals surface area contributed by atoms with Gasteiger partial charge in [-0.25, -0.2) is 0 Å². The molecular formula is C16H16N4O. The van der Waals surface area contributed by atoms with Gasteiger partial charge in [0.05, 0.1) is 5.52 Å². The monoisotopic (exact) mass is 280 g/mol. The zero-order valence-corrected chi connectivity index (χ0v) is 11.9. The summed E-state index contributed by atoms with van der Waals surface area (Å²) in [5.41, 5.74) is 3.65. The summed E-state index contributed by atoms with van der Waals surface area (Å²) in [6.45, 7) is 0. The van der Waals surface area contributed by atoms with Crippen LogP contribution < -0.4 is 10.6 Å². The fraction of sp³-hybridized carbons (Fsp3) is 0.125. The normalized spacial score (nSPS) is 10.6. The zero-order valence-electron chi connectivity index (χ0n) is 11.9. The van der Waals surface area contributed by atoms with E-state index in [1.54, 1.807) is 13.1 Å². The lowest BCUT2D eigenvalue weighted by atomic mass is 10.0. The summed E-state index contributed by atoms with van der Waals surface area (Å²) < 4.78 is 0. The standard InChI is InChI=1S/C16H16N4O/c1-17-15-13-7-6-11(9-14(13)19-20-15)10-4-3-5-12(8-10)16(21)18-2/h3-9H,1-2H3,(H,18,21)(H2,17,19,20). The number of fused-ring (bicyclic) bond motifs is 1. The fourth-order valence-corrected chi connectivity index (χ4v) is 2.37. The van der Waals surface area contributed by atoms with Crippen LogP contribution in [-0.4, -0.2) is 30.2 Å². The van der Waals surface area contributed by atoms with Gasteiger partial charge in [0, 0.05) is 25.0 Å². The Hall–Kier alpha value is -2.82. The van der Waals surface area contributed by atoms with Gasteiger partial charge in [-0.15, -0.1) is 0 Å². The minimum absolute atomic E-state index is 0.0862. The second-order valence-corrected chi connectivity index (χ2v) is 4.74. The van der Waals surface area contributed by atoms with Crippen LogP contribution in [0.4, 0.5) is 5.82 Å². The summed E-state index contributed by atoms with van der Waals surface area (Å²) in [6.07, 6.45) is 0. The summed E-state index contributed by atoms with van der Waals surface area (Å²) in [5.74, 6) is 0.743. The van der Waals surface area contributed by atoms with Gasteiger partial charge in [0.1, 0.15) is 0 Å². The third-order valence-electron chi connectivity index (χ3n) is 3.48. The van der Waals surface area contributed by atoms with E-state index in [0.29, 0.717) is 5.56 Å². The molecule has 0 aliphatic carbocycles. The molecule has 5 nitrogen and oxygen atoms in total. The average Bonchev–Trinajstić information content (AvgIpc) is 2.96. The maximum Gasteiger partial charge on any atom is 0.251 e. The highest BCUT2D eigenvalue weighted by molar-refractivity contribution is 5.96. The smallest absolute Gasteiger partial charge is 0.251 e. The lowest BCUT2D eigenvalue weighted by molar-refractivity contribution is 0.0963. The Bertz CT molecular complexity index is 807. The van der Waals surface area contributed by atoms with Crippen LogP contribution in [0.1, 0.15) is 10.4 Å². The van der Waals surface area contributed by atoms with Gasteiger partial charge in [-0.05, 0) is 35.4 Å². The Labute approximate surface area is 122 Å². The van der Waals surface area contributed by atoms with Crippen LogP contribution in [0, 0.1) is 0 Å². The first-order valence-corrected chi connectivity index (χ1v) is 6.71. The lowest BCUT2D eigenvalue weighted by Gasteiger charge is -2.05. The molecule has 1 amide bonds. The van der Waals surface area contributed by atoms with Gasteiger partial charge in [0.2, 0.25) is 0 Å². The predicted octanol–water partition coefficient (Wildman–Crippen LogP) is 2.63. The van der Waals surface area contributed by atoms with Crippen molar-refractivity contribution in [3.63, 3.8) is 0 Å². The van der Waals surface area contributed by atoms with Crippen molar-refractivity contribution >= 4 is 22.6 Å². The molecule has 21 heavy (non-hydrogen) atoms. The number of rotatable bonds is 3. The van der Waals surface area contributed by atoms with E-state index in [0.717, 1.165) is 27.8 Å². The van der Waals surface area contributed by atoms with Crippen molar-refractivity contribution in [3.05, 3.63) is 48.0 Å². The molecule has 0 aliphatic heterocycles. The largest absolute Gasteiger partial charge is 0.371 e. The molecular weight excluding hydrogens is 264 g/mol. The van der Waals surface area contributed by atoms with E-state index in [2.05, 4.69) is 20.8 Å². The number of hydrogen-bond donors (Lipinski definition) is 3. The second-order valence-electron chi connectivity index (χ2n) is 4.74. The van der Waals surface area contributed by atoms with Crippen LogP contribution >= 0.6 is 0 Å². The SMILES string of the molecule is CNC(=O)c1cccc(-c2ccc3c(NC)n[nH]c3c2)c1. The number of amides is 1. The number of anilines is 1. The van der Waals surface area contributed by atoms with Crippen LogP contribution in [0.5, 0.6) is 0 Å². The topological polar surface area (TPSA) is 69.8 Å². The van der Waals surface area contributed by atoms with Gasteiger partial charge in [0.25, 0.3) is 5.91 Å². The molecule has 3 aromatic rings.